The van der Waals surface area contributed by atoms with Gasteiger partial charge in [0.05, 0.1) is 0 Å². The number of Topliss-reactive ketones (excluding diaryl/α,β-unsaturated/α-hetero) is 1. The van der Waals surface area contributed by atoms with E-state index in [-0.39, 0.29) is 5.78 Å². The van der Waals surface area contributed by atoms with E-state index in [1.807, 2.05) is 0 Å². The fourth-order valence-corrected chi connectivity index (χ4v) is 1.15. The lowest BCUT2D eigenvalue weighted by atomic mass is 10.1. The third kappa shape index (κ3) is 2.92. The number of carbonyl (C=O) groups is 2. The normalized spacial score (nSPS) is 11.2. The summed E-state index contributed by atoms with van der Waals surface area (Å²) in [7, 11) is 0. The summed E-state index contributed by atoms with van der Waals surface area (Å²) < 4.78 is 4.84. The SMILES string of the molecule is C=CC(=O)OC(C=C)C(=O)c1ccccc1. The zero-order valence-electron chi connectivity index (χ0n) is 8.76. The van der Waals surface area contributed by atoms with Gasteiger partial charge in [-0.2, -0.15) is 0 Å². The first-order valence-corrected chi connectivity index (χ1v) is 4.74. The molecule has 1 aromatic rings. The Labute approximate surface area is 94.0 Å². The Balaban J connectivity index is 2.82. The van der Waals surface area contributed by atoms with E-state index in [2.05, 4.69) is 13.2 Å². The molecule has 0 amide bonds. The van der Waals surface area contributed by atoms with E-state index in [9.17, 15) is 9.59 Å². The highest BCUT2D eigenvalue weighted by Crippen LogP contribution is 2.07. The highest BCUT2D eigenvalue weighted by atomic mass is 16.5. The summed E-state index contributed by atoms with van der Waals surface area (Å²) in [5.41, 5.74) is 0.476. The van der Waals surface area contributed by atoms with Crippen LogP contribution in [0.3, 0.4) is 0 Å². The Kier molecular flexibility index (Phi) is 4.21. The fraction of sp³-hybridized carbons (Fsp3) is 0.0769. The molecule has 1 unspecified atom stereocenters. The summed E-state index contributed by atoms with van der Waals surface area (Å²) in [5, 5.41) is 0. The molecule has 3 nitrogen and oxygen atoms in total. The Morgan fingerprint density at radius 1 is 1.19 bits per heavy atom. The van der Waals surface area contributed by atoms with E-state index in [1.54, 1.807) is 30.3 Å². The predicted molar refractivity (Wildman–Crippen MR) is 61.0 cm³/mol. The zero-order chi connectivity index (χ0) is 12.0. The molecule has 0 saturated carbocycles. The average molecular weight is 216 g/mol. The highest BCUT2D eigenvalue weighted by molar-refractivity contribution is 6.02. The second kappa shape index (κ2) is 5.66. The van der Waals surface area contributed by atoms with Crippen molar-refractivity contribution in [1.29, 1.82) is 0 Å². The molecule has 0 aromatic heterocycles. The smallest absolute Gasteiger partial charge is 0.331 e. The van der Waals surface area contributed by atoms with Crippen LogP contribution >= 0.6 is 0 Å². The van der Waals surface area contributed by atoms with Crippen LogP contribution in [0.1, 0.15) is 10.4 Å². The summed E-state index contributed by atoms with van der Waals surface area (Å²) in [4.78, 5) is 22.8. The van der Waals surface area contributed by atoms with Crippen LogP contribution in [0.2, 0.25) is 0 Å². The molecular weight excluding hydrogens is 204 g/mol. The van der Waals surface area contributed by atoms with Crippen molar-refractivity contribution >= 4 is 11.8 Å². The van der Waals surface area contributed by atoms with E-state index in [4.69, 9.17) is 4.74 Å². The number of benzene rings is 1. The summed E-state index contributed by atoms with van der Waals surface area (Å²) in [5.74, 6) is -0.944. The van der Waals surface area contributed by atoms with Crippen LogP contribution in [-0.4, -0.2) is 17.9 Å². The molecule has 82 valence electrons. The molecule has 1 atom stereocenters. The van der Waals surface area contributed by atoms with Crippen molar-refractivity contribution in [2.45, 2.75) is 6.10 Å². The van der Waals surface area contributed by atoms with Crippen molar-refractivity contribution in [2.24, 2.45) is 0 Å². The van der Waals surface area contributed by atoms with Crippen LogP contribution in [-0.2, 0) is 9.53 Å². The summed E-state index contributed by atoms with van der Waals surface area (Å²) in [6.45, 7) is 6.72. The predicted octanol–water partition coefficient (Wildman–Crippen LogP) is 2.15. The molecule has 16 heavy (non-hydrogen) atoms. The van der Waals surface area contributed by atoms with Crippen LogP contribution in [0.25, 0.3) is 0 Å². The van der Waals surface area contributed by atoms with Gasteiger partial charge in [-0.15, -0.1) is 0 Å². The van der Waals surface area contributed by atoms with Crippen LogP contribution in [0.5, 0.6) is 0 Å². The Morgan fingerprint density at radius 2 is 1.81 bits per heavy atom. The number of hydrogen-bond acceptors (Lipinski definition) is 3. The minimum absolute atomic E-state index is 0.300. The molecule has 0 heterocycles. The van der Waals surface area contributed by atoms with Crippen molar-refractivity contribution in [1.82, 2.24) is 0 Å². The number of ketones is 1. The number of carbonyl (C=O) groups excluding carboxylic acids is 2. The Hall–Kier alpha value is -2.16. The average Bonchev–Trinajstić information content (AvgIpc) is 2.35. The van der Waals surface area contributed by atoms with Crippen LogP contribution in [0.15, 0.2) is 55.6 Å². The summed E-state index contributed by atoms with van der Waals surface area (Å²) >= 11 is 0. The molecule has 0 saturated heterocycles. The number of ether oxygens (including phenoxy) is 1. The molecule has 0 aliphatic carbocycles. The second-order valence-electron chi connectivity index (χ2n) is 3.03. The summed E-state index contributed by atoms with van der Waals surface area (Å²) in [6, 6.07) is 8.59. The van der Waals surface area contributed by atoms with Gasteiger partial charge in [-0.3, -0.25) is 4.79 Å². The lowest BCUT2D eigenvalue weighted by molar-refractivity contribution is -0.139. The first kappa shape index (κ1) is 11.9. The molecular formula is C13H12O3. The monoisotopic (exact) mass is 216 g/mol. The van der Waals surface area contributed by atoms with Gasteiger partial charge in [0.2, 0.25) is 5.78 Å². The van der Waals surface area contributed by atoms with Crippen LogP contribution < -0.4 is 0 Å². The van der Waals surface area contributed by atoms with Crippen molar-refractivity contribution in [2.75, 3.05) is 0 Å². The number of hydrogen-bond donors (Lipinski definition) is 0. The zero-order valence-corrected chi connectivity index (χ0v) is 8.76. The van der Waals surface area contributed by atoms with E-state index in [1.165, 1.54) is 6.08 Å². The van der Waals surface area contributed by atoms with Gasteiger partial charge in [0.15, 0.2) is 6.10 Å². The van der Waals surface area contributed by atoms with Gasteiger partial charge >= 0.3 is 5.97 Å². The van der Waals surface area contributed by atoms with E-state index >= 15 is 0 Å². The molecule has 0 radical (unpaired) electrons. The Bertz CT molecular complexity index is 406. The summed E-state index contributed by atoms with van der Waals surface area (Å²) in [6.07, 6.45) is 1.33. The van der Waals surface area contributed by atoms with Gasteiger partial charge in [-0.25, -0.2) is 4.79 Å². The first-order chi connectivity index (χ1) is 7.69. The third-order valence-corrected chi connectivity index (χ3v) is 1.94. The minimum atomic E-state index is -0.965. The lowest BCUT2D eigenvalue weighted by Crippen LogP contribution is -2.24. The standard InChI is InChI=1S/C13H12O3/c1-3-11(16-12(14)4-2)13(15)10-8-6-5-7-9-10/h3-9,11H,1-2H2. The molecule has 3 heteroatoms. The van der Waals surface area contributed by atoms with Crippen molar-refractivity contribution in [3.05, 3.63) is 61.2 Å². The van der Waals surface area contributed by atoms with Gasteiger partial charge in [-0.05, 0) is 6.08 Å². The van der Waals surface area contributed by atoms with E-state index < -0.39 is 12.1 Å². The van der Waals surface area contributed by atoms with Gasteiger partial charge < -0.3 is 4.74 Å². The van der Waals surface area contributed by atoms with Gasteiger partial charge in [-0.1, -0.05) is 43.5 Å². The quantitative estimate of drug-likeness (QED) is 0.328. The van der Waals surface area contributed by atoms with Gasteiger partial charge in [0, 0.05) is 11.6 Å². The maximum atomic E-state index is 11.8. The largest absolute Gasteiger partial charge is 0.447 e. The maximum Gasteiger partial charge on any atom is 0.331 e. The molecule has 0 fully saturated rings. The highest BCUT2D eigenvalue weighted by Gasteiger charge is 2.19. The second-order valence-corrected chi connectivity index (χ2v) is 3.03. The number of esters is 1. The van der Waals surface area contributed by atoms with Crippen LogP contribution in [0.4, 0.5) is 0 Å². The molecule has 0 aliphatic heterocycles. The topological polar surface area (TPSA) is 43.4 Å². The van der Waals surface area contributed by atoms with Crippen molar-refractivity contribution < 1.29 is 14.3 Å². The molecule has 0 bridgehead atoms. The molecule has 1 rings (SSSR count). The number of rotatable bonds is 5. The van der Waals surface area contributed by atoms with E-state index in [0.29, 0.717) is 5.56 Å². The van der Waals surface area contributed by atoms with Gasteiger partial charge in [0.1, 0.15) is 0 Å². The fourth-order valence-electron chi connectivity index (χ4n) is 1.15. The van der Waals surface area contributed by atoms with Gasteiger partial charge in [0.25, 0.3) is 0 Å². The minimum Gasteiger partial charge on any atom is -0.447 e. The van der Waals surface area contributed by atoms with Crippen molar-refractivity contribution in [3.63, 3.8) is 0 Å². The molecule has 0 N–H and O–H groups in total. The Morgan fingerprint density at radius 3 is 2.31 bits per heavy atom. The molecule has 0 spiro atoms. The lowest BCUT2D eigenvalue weighted by Gasteiger charge is -2.11. The maximum absolute atomic E-state index is 11.8. The van der Waals surface area contributed by atoms with Crippen molar-refractivity contribution in [3.8, 4) is 0 Å². The third-order valence-electron chi connectivity index (χ3n) is 1.94. The van der Waals surface area contributed by atoms with E-state index in [0.717, 1.165) is 6.08 Å². The molecule has 0 aliphatic rings. The first-order valence-electron chi connectivity index (χ1n) is 4.74. The molecule has 1 aromatic carbocycles. The van der Waals surface area contributed by atoms with Crippen LogP contribution in [0, 0.1) is 0 Å².